The Morgan fingerprint density at radius 2 is 2.28 bits per heavy atom. The predicted molar refractivity (Wildman–Crippen MR) is 70.9 cm³/mol. The molecule has 0 aliphatic carbocycles. The van der Waals surface area contributed by atoms with Crippen LogP contribution in [-0.4, -0.2) is 40.0 Å². The maximum Gasteiger partial charge on any atom is 0.326 e. The van der Waals surface area contributed by atoms with Gasteiger partial charge in [-0.05, 0) is 37.5 Å². The summed E-state index contributed by atoms with van der Waals surface area (Å²) in [6.45, 7) is 1.71. The summed E-state index contributed by atoms with van der Waals surface area (Å²) >= 11 is 1.55. The smallest absolute Gasteiger partial charge is 0.326 e. The number of pyridine rings is 1. The molecule has 18 heavy (non-hydrogen) atoms. The standard InChI is InChI=1S/C12H16N2O3S/c1-8-9(4-3-6-13-8)11(15)14-10(12(16)17)5-7-18-2/h3-4,6,10H,5,7H2,1-2H3,(H,14,15)(H,16,17). The number of aliphatic carboxylic acids is 1. The van der Waals surface area contributed by atoms with Gasteiger partial charge in [-0.15, -0.1) is 0 Å². The zero-order chi connectivity index (χ0) is 13.5. The van der Waals surface area contributed by atoms with Crippen molar-refractivity contribution in [3.63, 3.8) is 0 Å². The molecular weight excluding hydrogens is 252 g/mol. The predicted octanol–water partition coefficient (Wildman–Crippen LogP) is 1.33. The molecule has 5 nitrogen and oxygen atoms in total. The molecule has 98 valence electrons. The summed E-state index contributed by atoms with van der Waals surface area (Å²) in [7, 11) is 0. The van der Waals surface area contributed by atoms with Crippen molar-refractivity contribution < 1.29 is 14.7 Å². The molecule has 1 amide bonds. The van der Waals surface area contributed by atoms with Crippen molar-refractivity contribution in [3.05, 3.63) is 29.6 Å². The summed E-state index contributed by atoms with van der Waals surface area (Å²) in [5.41, 5.74) is 0.997. The van der Waals surface area contributed by atoms with Crippen LogP contribution < -0.4 is 5.32 Å². The third-order valence-electron chi connectivity index (χ3n) is 2.47. The molecule has 0 bridgehead atoms. The Morgan fingerprint density at radius 1 is 1.56 bits per heavy atom. The Hall–Kier alpha value is -1.56. The lowest BCUT2D eigenvalue weighted by Crippen LogP contribution is -2.41. The lowest BCUT2D eigenvalue weighted by Gasteiger charge is -2.14. The van der Waals surface area contributed by atoms with Crippen LogP contribution >= 0.6 is 11.8 Å². The van der Waals surface area contributed by atoms with Crippen LogP contribution in [0.15, 0.2) is 18.3 Å². The molecule has 0 saturated heterocycles. The SMILES string of the molecule is CSCCC(NC(=O)c1cccnc1C)C(=O)O. The number of carbonyl (C=O) groups is 2. The van der Waals surface area contributed by atoms with E-state index < -0.39 is 17.9 Å². The maximum atomic E-state index is 11.9. The fourth-order valence-electron chi connectivity index (χ4n) is 1.45. The van der Waals surface area contributed by atoms with E-state index in [0.717, 1.165) is 0 Å². The molecule has 0 spiro atoms. The van der Waals surface area contributed by atoms with E-state index in [0.29, 0.717) is 23.4 Å². The number of carbonyl (C=O) groups excluding carboxylic acids is 1. The fraction of sp³-hybridized carbons (Fsp3) is 0.417. The number of rotatable bonds is 6. The van der Waals surface area contributed by atoms with Crippen molar-refractivity contribution in [1.29, 1.82) is 0 Å². The molecule has 2 N–H and O–H groups in total. The van der Waals surface area contributed by atoms with Crippen molar-refractivity contribution in [2.75, 3.05) is 12.0 Å². The number of aromatic nitrogens is 1. The van der Waals surface area contributed by atoms with Gasteiger partial charge in [-0.2, -0.15) is 11.8 Å². The highest BCUT2D eigenvalue weighted by Gasteiger charge is 2.20. The van der Waals surface area contributed by atoms with Crippen LogP contribution in [0.25, 0.3) is 0 Å². The zero-order valence-corrected chi connectivity index (χ0v) is 11.2. The number of aryl methyl sites for hydroxylation is 1. The second-order valence-electron chi connectivity index (χ2n) is 3.78. The minimum Gasteiger partial charge on any atom is -0.480 e. The highest BCUT2D eigenvalue weighted by Crippen LogP contribution is 2.06. The van der Waals surface area contributed by atoms with Crippen LogP contribution in [0.3, 0.4) is 0 Å². The van der Waals surface area contributed by atoms with Crippen molar-refractivity contribution >= 4 is 23.6 Å². The van der Waals surface area contributed by atoms with Gasteiger partial charge in [0, 0.05) is 11.9 Å². The molecule has 0 radical (unpaired) electrons. The minimum absolute atomic E-state index is 0.394. The molecule has 1 heterocycles. The third-order valence-corrected chi connectivity index (χ3v) is 3.11. The van der Waals surface area contributed by atoms with Crippen LogP contribution in [0, 0.1) is 6.92 Å². The first-order valence-corrected chi connectivity index (χ1v) is 6.90. The van der Waals surface area contributed by atoms with Crippen molar-refractivity contribution in [2.24, 2.45) is 0 Å². The zero-order valence-electron chi connectivity index (χ0n) is 10.3. The van der Waals surface area contributed by atoms with Crippen LogP contribution in [-0.2, 0) is 4.79 Å². The Bertz CT molecular complexity index is 437. The van der Waals surface area contributed by atoms with Crippen LogP contribution in [0.4, 0.5) is 0 Å². The van der Waals surface area contributed by atoms with E-state index in [1.807, 2.05) is 6.26 Å². The summed E-state index contributed by atoms with van der Waals surface area (Å²) in [5.74, 6) is -0.725. The van der Waals surface area contributed by atoms with Gasteiger partial charge in [0.05, 0.1) is 5.56 Å². The molecule has 1 aromatic rings. The number of hydrogen-bond acceptors (Lipinski definition) is 4. The van der Waals surface area contributed by atoms with Gasteiger partial charge < -0.3 is 10.4 Å². The molecule has 0 fully saturated rings. The Morgan fingerprint density at radius 3 is 2.83 bits per heavy atom. The fourth-order valence-corrected chi connectivity index (χ4v) is 1.92. The highest BCUT2D eigenvalue weighted by molar-refractivity contribution is 7.98. The van der Waals surface area contributed by atoms with Crippen LogP contribution in [0.1, 0.15) is 22.5 Å². The van der Waals surface area contributed by atoms with Crippen molar-refractivity contribution in [3.8, 4) is 0 Å². The molecule has 1 unspecified atom stereocenters. The van der Waals surface area contributed by atoms with Gasteiger partial charge in [0.25, 0.3) is 5.91 Å². The van der Waals surface area contributed by atoms with Crippen molar-refractivity contribution in [2.45, 2.75) is 19.4 Å². The monoisotopic (exact) mass is 268 g/mol. The van der Waals surface area contributed by atoms with Crippen LogP contribution in [0.2, 0.25) is 0 Å². The number of nitrogens with zero attached hydrogens (tertiary/aromatic N) is 1. The van der Waals surface area contributed by atoms with Gasteiger partial charge in [-0.1, -0.05) is 0 Å². The highest BCUT2D eigenvalue weighted by atomic mass is 32.2. The first-order valence-electron chi connectivity index (χ1n) is 5.50. The molecule has 0 saturated carbocycles. The van der Waals surface area contributed by atoms with Gasteiger partial charge in [0.2, 0.25) is 0 Å². The molecule has 1 atom stereocenters. The third kappa shape index (κ3) is 4.03. The average Bonchev–Trinajstić information content (AvgIpc) is 2.34. The Kier molecular flexibility index (Phi) is 5.64. The Balaban J connectivity index is 2.72. The van der Waals surface area contributed by atoms with E-state index in [1.54, 1.807) is 37.0 Å². The minimum atomic E-state index is -1.01. The molecule has 1 rings (SSSR count). The summed E-state index contributed by atoms with van der Waals surface area (Å²) in [6.07, 6.45) is 3.89. The molecule has 1 aromatic heterocycles. The number of nitrogens with one attached hydrogen (secondary N) is 1. The number of hydrogen-bond donors (Lipinski definition) is 2. The van der Waals surface area contributed by atoms with Gasteiger partial charge in [-0.25, -0.2) is 4.79 Å². The lowest BCUT2D eigenvalue weighted by molar-refractivity contribution is -0.139. The average molecular weight is 268 g/mol. The first-order chi connectivity index (χ1) is 8.56. The van der Waals surface area contributed by atoms with Gasteiger partial charge >= 0.3 is 5.97 Å². The van der Waals surface area contributed by atoms with Crippen molar-refractivity contribution in [1.82, 2.24) is 10.3 Å². The van der Waals surface area contributed by atoms with Gasteiger partial charge in [0.1, 0.15) is 6.04 Å². The Labute approximate surface area is 110 Å². The molecular formula is C12H16N2O3S. The maximum absolute atomic E-state index is 11.9. The van der Waals surface area contributed by atoms with E-state index in [1.165, 1.54) is 0 Å². The lowest BCUT2D eigenvalue weighted by atomic mass is 10.1. The van der Waals surface area contributed by atoms with E-state index in [9.17, 15) is 9.59 Å². The summed E-state index contributed by atoms with van der Waals surface area (Å²) in [4.78, 5) is 26.9. The quantitative estimate of drug-likeness (QED) is 0.813. The van der Waals surface area contributed by atoms with Gasteiger partial charge in [-0.3, -0.25) is 9.78 Å². The normalized spacial score (nSPS) is 11.9. The van der Waals surface area contributed by atoms with Gasteiger partial charge in [0.15, 0.2) is 0 Å². The first kappa shape index (κ1) is 14.5. The largest absolute Gasteiger partial charge is 0.480 e. The molecule has 0 aromatic carbocycles. The number of carboxylic acid groups (broad SMARTS) is 1. The number of amides is 1. The molecule has 6 heteroatoms. The van der Waals surface area contributed by atoms with E-state index in [-0.39, 0.29) is 0 Å². The summed E-state index contributed by atoms with van der Waals surface area (Å²) in [5, 5.41) is 11.5. The molecule has 0 aliphatic rings. The van der Waals surface area contributed by atoms with E-state index in [4.69, 9.17) is 5.11 Å². The second-order valence-corrected chi connectivity index (χ2v) is 4.77. The second kappa shape index (κ2) is 7.00. The van der Waals surface area contributed by atoms with E-state index >= 15 is 0 Å². The molecule has 0 aliphatic heterocycles. The number of thioether (sulfide) groups is 1. The summed E-state index contributed by atoms with van der Waals surface area (Å²) in [6, 6.07) is 2.43. The van der Waals surface area contributed by atoms with E-state index in [2.05, 4.69) is 10.3 Å². The summed E-state index contributed by atoms with van der Waals surface area (Å²) < 4.78 is 0. The number of carboxylic acids is 1. The van der Waals surface area contributed by atoms with Crippen LogP contribution in [0.5, 0.6) is 0 Å². The topological polar surface area (TPSA) is 79.3 Å².